The molecule has 148 valence electrons. The van der Waals surface area contributed by atoms with Crippen molar-refractivity contribution in [2.45, 2.75) is 6.54 Å². The normalized spacial score (nSPS) is 10.8. The van der Waals surface area contributed by atoms with Crippen molar-refractivity contribution in [3.63, 3.8) is 0 Å². The average molecular weight is 396 g/mol. The zero-order chi connectivity index (χ0) is 20.6. The van der Waals surface area contributed by atoms with Crippen LogP contribution < -0.4 is 14.4 Å². The Morgan fingerprint density at radius 2 is 1.47 bits per heavy atom. The number of azo groups is 1. The lowest BCUT2D eigenvalue weighted by Gasteiger charge is -2.16. The summed E-state index contributed by atoms with van der Waals surface area (Å²) < 4.78 is 7.18. The van der Waals surface area contributed by atoms with Crippen LogP contribution in [0.5, 0.6) is 5.75 Å². The summed E-state index contributed by atoms with van der Waals surface area (Å²) in [6.45, 7) is 0.690. The van der Waals surface area contributed by atoms with Gasteiger partial charge in [-0.25, -0.2) is 4.98 Å². The van der Waals surface area contributed by atoms with Gasteiger partial charge < -0.3 is 4.74 Å². The van der Waals surface area contributed by atoms with E-state index in [0.29, 0.717) is 12.2 Å². The van der Waals surface area contributed by atoms with E-state index < -0.39 is 0 Å². The molecular formula is C24H22N5O+. The highest BCUT2D eigenvalue weighted by atomic mass is 16.5. The van der Waals surface area contributed by atoms with Crippen molar-refractivity contribution < 1.29 is 9.41 Å². The molecule has 0 N–H and O–H groups in total. The van der Waals surface area contributed by atoms with E-state index in [2.05, 4.69) is 32.4 Å². The van der Waals surface area contributed by atoms with Crippen LogP contribution in [0, 0.1) is 0 Å². The van der Waals surface area contributed by atoms with Crippen molar-refractivity contribution in [1.82, 2.24) is 4.98 Å². The molecule has 30 heavy (non-hydrogen) atoms. The monoisotopic (exact) mass is 396 g/mol. The molecule has 4 aromatic rings. The van der Waals surface area contributed by atoms with Crippen LogP contribution >= 0.6 is 0 Å². The van der Waals surface area contributed by atoms with E-state index >= 15 is 0 Å². The summed E-state index contributed by atoms with van der Waals surface area (Å²) in [7, 11) is 1.64. The first-order chi connectivity index (χ1) is 14.8. The van der Waals surface area contributed by atoms with Crippen LogP contribution in [0.4, 0.5) is 17.2 Å². The Morgan fingerprint density at radius 1 is 0.800 bits per heavy atom. The van der Waals surface area contributed by atoms with E-state index in [1.54, 1.807) is 13.3 Å². The molecule has 0 aliphatic heterocycles. The summed E-state index contributed by atoms with van der Waals surface area (Å²) in [4.78, 5) is 4.62. The molecule has 0 fully saturated rings. The second kappa shape index (κ2) is 9.43. The SMILES string of the molecule is COc1ccc(N=Nc2ccc(N(Cc3ccccc3)[n+]3ccccc3)nc2)cc1. The highest BCUT2D eigenvalue weighted by Crippen LogP contribution is 2.22. The number of nitrogens with zero attached hydrogens (tertiary/aromatic N) is 5. The fourth-order valence-corrected chi connectivity index (χ4v) is 2.94. The molecule has 0 unspecified atom stereocenters. The maximum Gasteiger partial charge on any atom is 0.200 e. The van der Waals surface area contributed by atoms with Crippen molar-refractivity contribution in [1.29, 1.82) is 0 Å². The third-order valence-electron chi connectivity index (χ3n) is 4.50. The molecular weight excluding hydrogens is 374 g/mol. The fourth-order valence-electron chi connectivity index (χ4n) is 2.94. The molecule has 2 aromatic carbocycles. The van der Waals surface area contributed by atoms with Gasteiger partial charge in [-0.3, -0.25) is 0 Å². The smallest absolute Gasteiger partial charge is 0.200 e. The molecule has 0 saturated heterocycles. The van der Waals surface area contributed by atoms with E-state index in [4.69, 9.17) is 4.74 Å². The Kier molecular flexibility index (Phi) is 6.05. The largest absolute Gasteiger partial charge is 0.497 e. The Hall–Kier alpha value is -4.06. The lowest BCUT2D eigenvalue weighted by atomic mass is 10.2. The fraction of sp³-hybridized carbons (Fsp3) is 0.0833. The number of hydrogen-bond acceptors (Lipinski definition) is 5. The molecule has 2 heterocycles. The van der Waals surface area contributed by atoms with Crippen molar-refractivity contribution in [2.24, 2.45) is 10.2 Å². The molecule has 6 heteroatoms. The van der Waals surface area contributed by atoms with Gasteiger partial charge in [-0.2, -0.15) is 5.11 Å². The van der Waals surface area contributed by atoms with Crippen LogP contribution in [0.1, 0.15) is 5.56 Å². The number of aromatic nitrogens is 2. The number of pyridine rings is 2. The van der Waals surface area contributed by atoms with E-state index in [1.165, 1.54) is 5.56 Å². The highest BCUT2D eigenvalue weighted by molar-refractivity contribution is 5.45. The maximum atomic E-state index is 5.16. The predicted octanol–water partition coefficient (Wildman–Crippen LogP) is 5.26. The highest BCUT2D eigenvalue weighted by Gasteiger charge is 2.17. The molecule has 2 aromatic heterocycles. The van der Waals surface area contributed by atoms with Gasteiger partial charge >= 0.3 is 0 Å². The minimum absolute atomic E-state index is 0.687. The lowest BCUT2D eigenvalue weighted by Crippen LogP contribution is -2.53. The molecule has 0 radical (unpaired) electrons. The van der Waals surface area contributed by atoms with Gasteiger partial charge in [-0.1, -0.05) is 41.1 Å². The lowest BCUT2D eigenvalue weighted by molar-refractivity contribution is -0.686. The Bertz CT molecular complexity index is 1080. The number of benzene rings is 2. The molecule has 0 atom stereocenters. The van der Waals surface area contributed by atoms with Crippen LogP contribution in [0.3, 0.4) is 0 Å². The summed E-state index contributed by atoms with van der Waals surface area (Å²) in [5, 5.41) is 10.6. The van der Waals surface area contributed by atoms with Gasteiger partial charge in [0.05, 0.1) is 19.0 Å². The van der Waals surface area contributed by atoms with Gasteiger partial charge in [0.15, 0.2) is 18.2 Å². The van der Waals surface area contributed by atoms with Crippen LogP contribution in [-0.2, 0) is 6.54 Å². The van der Waals surface area contributed by atoms with Gasteiger partial charge in [0.25, 0.3) is 0 Å². The van der Waals surface area contributed by atoms with E-state index in [-0.39, 0.29) is 0 Å². The molecule has 0 aliphatic carbocycles. The maximum absolute atomic E-state index is 5.16. The zero-order valence-corrected chi connectivity index (χ0v) is 16.7. The molecule has 6 nitrogen and oxygen atoms in total. The average Bonchev–Trinajstić information content (AvgIpc) is 2.83. The molecule has 0 spiro atoms. The van der Waals surface area contributed by atoms with Gasteiger partial charge in [-0.15, -0.1) is 10.1 Å². The molecule has 4 rings (SSSR count). The van der Waals surface area contributed by atoms with Crippen LogP contribution in [-0.4, -0.2) is 12.1 Å². The second-order valence-corrected chi connectivity index (χ2v) is 6.57. The first kappa shape index (κ1) is 19.3. The topological polar surface area (TPSA) is 54.0 Å². The predicted molar refractivity (Wildman–Crippen MR) is 116 cm³/mol. The van der Waals surface area contributed by atoms with Gasteiger partial charge in [0.2, 0.25) is 0 Å². The number of rotatable bonds is 7. The quantitative estimate of drug-likeness (QED) is 0.316. The van der Waals surface area contributed by atoms with Crippen molar-refractivity contribution >= 4 is 17.2 Å². The summed E-state index contributed by atoms with van der Waals surface area (Å²) in [6, 6.07) is 27.6. The number of hydrogen-bond donors (Lipinski definition) is 0. The Morgan fingerprint density at radius 3 is 2.13 bits per heavy atom. The molecule has 0 bridgehead atoms. The van der Waals surface area contributed by atoms with Crippen LogP contribution in [0.25, 0.3) is 0 Å². The molecule has 0 saturated carbocycles. The zero-order valence-electron chi connectivity index (χ0n) is 16.7. The number of methoxy groups -OCH3 is 1. The first-order valence-corrected chi connectivity index (χ1v) is 9.62. The van der Waals surface area contributed by atoms with Crippen LogP contribution in [0.2, 0.25) is 0 Å². The van der Waals surface area contributed by atoms with E-state index in [0.717, 1.165) is 17.3 Å². The number of anilines is 1. The molecule has 0 amide bonds. The van der Waals surface area contributed by atoms with Crippen molar-refractivity contribution in [2.75, 3.05) is 12.1 Å². The molecule has 0 aliphatic rings. The first-order valence-electron chi connectivity index (χ1n) is 9.62. The minimum Gasteiger partial charge on any atom is -0.497 e. The minimum atomic E-state index is 0.687. The standard InChI is InChI=1S/C24H22N5O/c1-30-23-13-10-21(11-14-23)26-27-22-12-15-24(25-18-22)29(28-16-6-3-7-17-28)19-20-8-4-2-5-9-20/h2-18H,19H2,1H3/q+1. The van der Waals surface area contributed by atoms with Gasteiger partial charge in [0, 0.05) is 12.1 Å². The van der Waals surface area contributed by atoms with Crippen molar-refractivity contribution in [3.8, 4) is 5.75 Å². The van der Waals surface area contributed by atoms with E-state index in [9.17, 15) is 0 Å². The second-order valence-electron chi connectivity index (χ2n) is 6.57. The van der Waals surface area contributed by atoms with Crippen LogP contribution in [0.15, 0.2) is 114 Å². The van der Waals surface area contributed by atoms with Crippen molar-refractivity contribution in [3.05, 3.63) is 109 Å². The summed E-state index contributed by atoms with van der Waals surface area (Å²) in [6.07, 6.45) is 5.73. The third kappa shape index (κ3) is 4.86. The van der Waals surface area contributed by atoms with E-state index in [1.807, 2.05) is 89.9 Å². The third-order valence-corrected chi connectivity index (χ3v) is 4.50. The summed E-state index contributed by atoms with van der Waals surface area (Å²) >= 11 is 0. The number of ether oxygens (including phenoxy) is 1. The summed E-state index contributed by atoms with van der Waals surface area (Å²) in [5.41, 5.74) is 2.64. The van der Waals surface area contributed by atoms with Gasteiger partial charge in [0.1, 0.15) is 18.0 Å². The Balaban J connectivity index is 1.55. The van der Waals surface area contributed by atoms with Gasteiger partial charge in [-0.05, 0) is 42.0 Å². The Labute approximate surface area is 175 Å². The summed E-state index contributed by atoms with van der Waals surface area (Å²) in [5.74, 6) is 1.61.